The summed E-state index contributed by atoms with van der Waals surface area (Å²) in [6.07, 6.45) is 4.01. The first-order valence-corrected chi connectivity index (χ1v) is 8.29. The fourth-order valence-electron chi connectivity index (χ4n) is 4.39. The van der Waals surface area contributed by atoms with Gasteiger partial charge in [0.15, 0.2) is 0 Å². The molecule has 2 fully saturated rings. The lowest BCUT2D eigenvalue weighted by Gasteiger charge is -2.40. The number of nitrogens with zero attached hydrogens (tertiary/aromatic N) is 1. The number of benzene rings is 1. The highest BCUT2D eigenvalue weighted by atomic mass is 16.4. The summed E-state index contributed by atoms with van der Waals surface area (Å²) >= 11 is 0. The highest BCUT2D eigenvalue weighted by Gasteiger charge is 2.47. The number of likely N-dealkylation sites (tertiary alicyclic amines) is 1. The molecule has 1 aliphatic carbocycles. The topological polar surface area (TPSA) is 60.8 Å². The van der Waals surface area contributed by atoms with Gasteiger partial charge in [0.05, 0.1) is 11.2 Å². The fraction of sp³-hybridized carbons (Fsp3) is 0.611. The maximum Gasteiger partial charge on any atom is 0.336 e. The third-order valence-electron chi connectivity index (χ3n) is 5.65. The zero-order chi connectivity index (χ0) is 15.7. The van der Waals surface area contributed by atoms with Crippen LogP contribution in [0.5, 0.6) is 0 Å². The first-order chi connectivity index (χ1) is 10.5. The van der Waals surface area contributed by atoms with Crippen LogP contribution >= 0.6 is 0 Å². The third-order valence-corrected chi connectivity index (χ3v) is 5.65. The quantitative estimate of drug-likeness (QED) is 0.898. The molecule has 0 unspecified atom stereocenters. The molecule has 1 aromatic rings. The van der Waals surface area contributed by atoms with Crippen molar-refractivity contribution < 1.29 is 15.0 Å². The lowest BCUT2D eigenvalue weighted by atomic mass is 9.69. The first-order valence-electron chi connectivity index (χ1n) is 8.29. The molecule has 3 atom stereocenters. The zero-order valence-corrected chi connectivity index (χ0v) is 13.2. The summed E-state index contributed by atoms with van der Waals surface area (Å²) in [5.74, 6) is 0.0243. The van der Waals surface area contributed by atoms with Gasteiger partial charge in [-0.2, -0.15) is 0 Å². The van der Waals surface area contributed by atoms with E-state index in [0.29, 0.717) is 23.9 Å². The number of hydrogen-bond acceptors (Lipinski definition) is 3. The average molecular weight is 303 g/mol. The van der Waals surface area contributed by atoms with E-state index in [4.69, 9.17) is 0 Å². The summed E-state index contributed by atoms with van der Waals surface area (Å²) in [6, 6.07) is 7.24. The van der Waals surface area contributed by atoms with Gasteiger partial charge < -0.3 is 10.2 Å². The van der Waals surface area contributed by atoms with Crippen LogP contribution in [0.3, 0.4) is 0 Å². The van der Waals surface area contributed by atoms with Crippen LogP contribution in [0.25, 0.3) is 0 Å². The van der Waals surface area contributed by atoms with Crippen molar-refractivity contribution in [1.82, 2.24) is 4.90 Å². The molecule has 22 heavy (non-hydrogen) atoms. The van der Waals surface area contributed by atoms with Crippen molar-refractivity contribution in [3.63, 3.8) is 0 Å². The number of fused-ring (bicyclic) bond motifs is 1. The van der Waals surface area contributed by atoms with Gasteiger partial charge in [-0.1, -0.05) is 31.5 Å². The van der Waals surface area contributed by atoms with Crippen molar-refractivity contribution in [2.24, 2.45) is 11.8 Å². The zero-order valence-electron chi connectivity index (χ0n) is 13.2. The molecule has 1 saturated carbocycles. The Kier molecular flexibility index (Phi) is 4.24. The SMILES string of the molecule is CC[C@]1(O)CCC[C@H]2CN(Cc3ccccc3C(=O)O)C[C@H]21. The number of carboxylic acids is 1. The lowest BCUT2D eigenvalue weighted by molar-refractivity contribution is -0.0613. The van der Waals surface area contributed by atoms with E-state index in [2.05, 4.69) is 11.8 Å². The predicted molar refractivity (Wildman–Crippen MR) is 84.8 cm³/mol. The molecule has 3 rings (SSSR count). The van der Waals surface area contributed by atoms with E-state index in [1.165, 1.54) is 6.42 Å². The maximum absolute atomic E-state index is 11.3. The summed E-state index contributed by atoms with van der Waals surface area (Å²) < 4.78 is 0. The first kappa shape index (κ1) is 15.5. The second-order valence-corrected chi connectivity index (χ2v) is 6.87. The van der Waals surface area contributed by atoms with Gasteiger partial charge in [0.1, 0.15) is 0 Å². The summed E-state index contributed by atoms with van der Waals surface area (Å²) in [5, 5.41) is 20.2. The summed E-state index contributed by atoms with van der Waals surface area (Å²) in [5.41, 5.74) is 0.737. The highest BCUT2D eigenvalue weighted by molar-refractivity contribution is 5.89. The van der Waals surface area contributed by atoms with E-state index in [9.17, 15) is 15.0 Å². The normalized spacial score (nSPS) is 31.9. The number of rotatable bonds is 4. The van der Waals surface area contributed by atoms with E-state index < -0.39 is 11.6 Å². The Morgan fingerprint density at radius 2 is 2.14 bits per heavy atom. The van der Waals surface area contributed by atoms with Gasteiger partial charge >= 0.3 is 5.97 Å². The number of carboxylic acid groups (broad SMARTS) is 1. The fourth-order valence-corrected chi connectivity index (χ4v) is 4.39. The molecule has 120 valence electrons. The number of aromatic carboxylic acids is 1. The molecule has 1 saturated heterocycles. The molecule has 2 N–H and O–H groups in total. The minimum Gasteiger partial charge on any atom is -0.478 e. The van der Waals surface area contributed by atoms with Gasteiger partial charge in [-0.05, 0) is 36.8 Å². The number of carbonyl (C=O) groups is 1. The number of hydrogen-bond donors (Lipinski definition) is 2. The molecule has 1 aromatic carbocycles. The average Bonchev–Trinajstić information content (AvgIpc) is 2.92. The van der Waals surface area contributed by atoms with E-state index in [-0.39, 0.29) is 0 Å². The molecule has 2 aliphatic rings. The van der Waals surface area contributed by atoms with Crippen molar-refractivity contribution in [1.29, 1.82) is 0 Å². The molecule has 0 aromatic heterocycles. The van der Waals surface area contributed by atoms with Gasteiger partial charge in [0.25, 0.3) is 0 Å². The molecule has 0 bridgehead atoms. The van der Waals surface area contributed by atoms with Crippen molar-refractivity contribution in [2.75, 3.05) is 13.1 Å². The van der Waals surface area contributed by atoms with Gasteiger partial charge in [-0.3, -0.25) is 4.90 Å². The Hall–Kier alpha value is -1.39. The van der Waals surface area contributed by atoms with Crippen LogP contribution in [0, 0.1) is 11.8 Å². The lowest BCUT2D eigenvalue weighted by Crippen LogP contribution is -2.44. The predicted octanol–water partition coefficient (Wildman–Crippen LogP) is 2.76. The maximum atomic E-state index is 11.3. The smallest absolute Gasteiger partial charge is 0.336 e. The molecule has 4 nitrogen and oxygen atoms in total. The van der Waals surface area contributed by atoms with Gasteiger partial charge in [0, 0.05) is 25.6 Å². The van der Waals surface area contributed by atoms with Crippen molar-refractivity contribution in [2.45, 2.75) is 44.8 Å². The molecule has 0 radical (unpaired) electrons. The molecule has 0 spiro atoms. The van der Waals surface area contributed by atoms with E-state index in [1.807, 2.05) is 12.1 Å². The van der Waals surface area contributed by atoms with Crippen LogP contribution in [0.2, 0.25) is 0 Å². The molecule has 4 heteroatoms. The standard InChI is InChI=1S/C18H25NO3/c1-2-18(22)9-5-7-14-11-19(12-16(14)18)10-13-6-3-4-8-15(13)17(20)21/h3-4,6,8,14,16,22H,2,5,7,9-12H2,1H3,(H,20,21)/t14-,16+,18-/m0/s1. The summed E-state index contributed by atoms with van der Waals surface area (Å²) in [7, 11) is 0. The van der Waals surface area contributed by atoms with Gasteiger partial charge in [0.2, 0.25) is 0 Å². The minimum atomic E-state index is -0.864. The number of aliphatic hydroxyl groups is 1. The third kappa shape index (κ3) is 2.77. The van der Waals surface area contributed by atoms with Gasteiger partial charge in [-0.25, -0.2) is 4.79 Å². The van der Waals surface area contributed by atoms with Crippen LogP contribution in [0.1, 0.15) is 48.5 Å². The van der Waals surface area contributed by atoms with Gasteiger partial charge in [-0.15, -0.1) is 0 Å². The van der Waals surface area contributed by atoms with Crippen molar-refractivity contribution in [3.8, 4) is 0 Å². The second-order valence-electron chi connectivity index (χ2n) is 6.87. The molecular formula is C18H25NO3. The van der Waals surface area contributed by atoms with Crippen LogP contribution < -0.4 is 0 Å². The highest BCUT2D eigenvalue weighted by Crippen LogP contribution is 2.44. The second kappa shape index (κ2) is 6.01. The Morgan fingerprint density at radius 3 is 2.86 bits per heavy atom. The summed E-state index contributed by atoms with van der Waals surface area (Å²) in [4.78, 5) is 13.7. The molecule has 0 amide bonds. The summed E-state index contributed by atoms with van der Waals surface area (Å²) in [6.45, 7) is 4.59. The van der Waals surface area contributed by atoms with Crippen molar-refractivity contribution >= 4 is 5.97 Å². The largest absolute Gasteiger partial charge is 0.478 e. The van der Waals surface area contributed by atoms with Crippen LogP contribution in [0.4, 0.5) is 0 Å². The van der Waals surface area contributed by atoms with Crippen LogP contribution in [0.15, 0.2) is 24.3 Å². The Labute approximate surface area is 131 Å². The van der Waals surface area contributed by atoms with Crippen molar-refractivity contribution in [3.05, 3.63) is 35.4 Å². The molecular weight excluding hydrogens is 278 g/mol. The molecule has 1 heterocycles. The van der Waals surface area contributed by atoms with E-state index >= 15 is 0 Å². The Bertz CT molecular complexity index is 559. The van der Waals surface area contributed by atoms with Crippen LogP contribution in [-0.4, -0.2) is 39.8 Å². The Morgan fingerprint density at radius 1 is 1.36 bits per heavy atom. The Balaban J connectivity index is 1.75. The monoisotopic (exact) mass is 303 g/mol. The van der Waals surface area contributed by atoms with E-state index in [0.717, 1.165) is 37.9 Å². The van der Waals surface area contributed by atoms with Crippen LogP contribution in [-0.2, 0) is 6.54 Å². The minimum absolute atomic E-state index is 0.336. The van der Waals surface area contributed by atoms with E-state index in [1.54, 1.807) is 12.1 Å². The molecule has 1 aliphatic heterocycles.